The molecule has 1 saturated carbocycles. The normalized spacial score (nSPS) is 15.9. The van der Waals surface area contributed by atoms with E-state index in [9.17, 15) is 8.42 Å². The first-order chi connectivity index (χ1) is 9.55. The zero-order valence-electron chi connectivity index (χ0n) is 12.3. The molecule has 0 aliphatic heterocycles. The predicted molar refractivity (Wildman–Crippen MR) is 83.5 cm³/mol. The van der Waals surface area contributed by atoms with Gasteiger partial charge in [-0.3, -0.25) is 0 Å². The molecule has 1 aliphatic rings. The molecule has 1 fully saturated rings. The lowest BCUT2D eigenvalue weighted by Gasteiger charge is -2.17. The second-order valence-electron chi connectivity index (χ2n) is 5.40. The zero-order valence-corrected chi connectivity index (χ0v) is 13.9. The lowest BCUT2D eigenvalue weighted by Crippen LogP contribution is -2.29. The minimum absolute atomic E-state index is 0.481. The highest BCUT2D eigenvalue weighted by Gasteiger charge is 2.26. The summed E-state index contributed by atoms with van der Waals surface area (Å²) >= 11 is 1.52. The second-order valence-corrected chi connectivity index (χ2v) is 8.41. The van der Waals surface area contributed by atoms with Crippen LogP contribution in [-0.4, -0.2) is 32.4 Å². The Kier molecular flexibility index (Phi) is 5.60. The Bertz CT molecular complexity index is 521. The first-order valence-electron chi connectivity index (χ1n) is 7.31. The summed E-state index contributed by atoms with van der Waals surface area (Å²) in [6.45, 7) is 3.39. The average Bonchev–Trinajstić information content (AvgIpc) is 3.12. The van der Waals surface area contributed by atoms with Gasteiger partial charge in [0.15, 0.2) is 0 Å². The summed E-state index contributed by atoms with van der Waals surface area (Å²) in [7, 11) is -1.65. The highest BCUT2D eigenvalue weighted by molar-refractivity contribution is 7.89. The van der Waals surface area contributed by atoms with Crippen LogP contribution in [0.5, 0.6) is 0 Å². The number of nitrogens with one attached hydrogen (secondary N) is 1. The van der Waals surface area contributed by atoms with Crippen molar-refractivity contribution in [3.63, 3.8) is 0 Å². The molecule has 0 radical (unpaired) electrons. The van der Waals surface area contributed by atoms with Gasteiger partial charge in [-0.15, -0.1) is 11.3 Å². The van der Waals surface area contributed by atoms with Crippen LogP contribution in [0.2, 0.25) is 0 Å². The van der Waals surface area contributed by atoms with E-state index in [2.05, 4.69) is 12.2 Å². The molecule has 0 atom stereocenters. The molecule has 1 aromatic rings. The summed E-state index contributed by atoms with van der Waals surface area (Å²) in [4.78, 5) is 1.41. The quantitative estimate of drug-likeness (QED) is 0.713. The Morgan fingerprint density at radius 1 is 1.40 bits per heavy atom. The topological polar surface area (TPSA) is 49.4 Å². The Balaban J connectivity index is 2.01. The van der Waals surface area contributed by atoms with Crippen LogP contribution < -0.4 is 5.32 Å². The van der Waals surface area contributed by atoms with Crippen molar-refractivity contribution in [1.29, 1.82) is 0 Å². The van der Waals surface area contributed by atoms with Crippen LogP contribution in [0.4, 0.5) is 0 Å². The van der Waals surface area contributed by atoms with Crippen molar-refractivity contribution in [2.75, 3.05) is 13.6 Å². The molecule has 0 spiro atoms. The first kappa shape index (κ1) is 15.9. The monoisotopic (exact) mass is 316 g/mol. The van der Waals surface area contributed by atoms with Gasteiger partial charge in [0.1, 0.15) is 0 Å². The molecule has 0 aromatic carbocycles. The van der Waals surface area contributed by atoms with E-state index in [4.69, 9.17) is 0 Å². The summed E-state index contributed by atoms with van der Waals surface area (Å²) in [5.74, 6) is 0. The van der Waals surface area contributed by atoms with Crippen LogP contribution in [-0.2, 0) is 16.6 Å². The number of thiophene rings is 1. The molecule has 20 heavy (non-hydrogen) atoms. The third-order valence-corrected chi connectivity index (χ3v) is 6.59. The Hall–Kier alpha value is -0.430. The van der Waals surface area contributed by atoms with Gasteiger partial charge in [0.25, 0.3) is 0 Å². The van der Waals surface area contributed by atoms with Crippen LogP contribution in [0.3, 0.4) is 0 Å². The van der Waals surface area contributed by atoms with E-state index >= 15 is 0 Å². The van der Waals surface area contributed by atoms with E-state index in [1.54, 1.807) is 13.1 Å². The molecule has 0 bridgehead atoms. The maximum atomic E-state index is 12.6. The van der Waals surface area contributed by atoms with Crippen molar-refractivity contribution in [1.82, 2.24) is 9.62 Å². The number of hydrogen-bond acceptors (Lipinski definition) is 4. The zero-order chi connectivity index (χ0) is 14.6. The van der Waals surface area contributed by atoms with E-state index in [0.717, 1.165) is 24.1 Å². The highest BCUT2D eigenvalue weighted by Crippen LogP contribution is 2.26. The molecule has 4 nitrogen and oxygen atoms in total. The Labute approximate surface area is 126 Å². The smallest absolute Gasteiger partial charge is 0.243 e. The standard InChI is InChI=1S/C14H24N2O2S2/c1-3-4-5-9-16(2)20(17,18)14-8-10-19-13(14)11-15-12-6-7-12/h8,10,12,15H,3-7,9,11H2,1-2H3. The van der Waals surface area contributed by atoms with Crippen LogP contribution in [0, 0.1) is 0 Å². The largest absolute Gasteiger partial charge is 0.309 e. The molecule has 0 saturated heterocycles. The number of sulfonamides is 1. The van der Waals surface area contributed by atoms with Crippen molar-refractivity contribution in [2.45, 2.75) is 56.5 Å². The lowest BCUT2D eigenvalue weighted by atomic mass is 10.2. The van der Waals surface area contributed by atoms with Crippen molar-refractivity contribution in [2.24, 2.45) is 0 Å². The fourth-order valence-corrected chi connectivity index (χ4v) is 4.66. The van der Waals surface area contributed by atoms with Crippen molar-refractivity contribution in [3.05, 3.63) is 16.3 Å². The highest BCUT2D eigenvalue weighted by atomic mass is 32.2. The fourth-order valence-electron chi connectivity index (χ4n) is 2.08. The third kappa shape index (κ3) is 4.04. The van der Waals surface area contributed by atoms with Gasteiger partial charge in [-0.25, -0.2) is 12.7 Å². The van der Waals surface area contributed by atoms with Crippen molar-refractivity contribution < 1.29 is 8.42 Å². The average molecular weight is 316 g/mol. The summed E-state index contributed by atoms with van der Waals surface area (Å²) in [5.41, 5.74) is 0. The Morgan fingerprint density at radius 2 is 2.15 bits per heavy atom. The maximum absolute atomic E-state index is 12.6. The summed E-state index contributed by atoms with van der Waals surface area (Å²) in [6, 6.07) is 2.33. The molecule has 1 N–H and O–H groups in total. The van der Waals surface area contributed by atoms with Crippen LogP contribution >= 0.6 is 11.3 Å². The van der Waals surface area contributed by atoms with Gasteiger partial charge in [-0.2, -0.15) is 0 Å². The van der Waals surface area contributed by atoms with Gasteiger partial charge in [0.05, 0.1) is 4.90 Å². The van der Waals surface area contributed by atoms with Gasteiger partial charge in [0.2, 0.25) is 10.0 Å². The maximum Gasteiger partial charge on any atom is 0.243 e. The molecule has 1 heterocycles. The van der Waals surface area contributed by atoms with E-state index < -0.39 is 10.0 Å². The van der Waals surface area contributed by atoms with Gasteiger partial charge in [0, 0.05) is 31.1 Å². The van der Waals surface area contributed by atoms with Crippen molar-refractivity contribution in [3.8, 4) is 0 Å². The molecule has 0 amide bonds. The van der Waals surface area contributed by atoms with Crippen LogP contribution in [0.15, 0.2) is 16.3 Å². The van der Waals surface area contributed by atoms with E-state index in [0.29, 0.717) is 24.0 Å². The van der Waals surface area contributed by atoms with E-state index in [1.807, 2.05) is 5.38 Å². The van der Waals surface area contributed by atoms with Crippen LogP contribution in [0.25, 0.3) is 0 Å². The SMILES string of the molecule is CCCCCN(C)S(=O)(=O)c1ccsc1CNC1CC1. The number of rotatable bonds is 9. The van der Waals surface area contributed by atoms with Crippen LogP contribution in [0.1, 0.15) is 43.9 Å². The summed E-state index contributed by atoms with van der Waals surface area (Å²) < 4.78 is 26.6. The minimum Gasteiger partial charge on any atom is -0.309 e. The first-order valence-corrected chi connectivity index (χ1v) is 9.63. The number of nitrogens with zero attached hydrogens (tertiary/aromatic N) is 1. The number of hydrogen-bond donors (Lipinski definition) is 1. The molecular weight excluding hydrogens is 292 g/mol. The molecule has 1 aliphatic carbocycles. The van der Waals surface area contributed by atoms with Gasteiger partial charge in [-0.1, -0.05) is 19.8 Å². The molecule has 6 heteroatoms. The van der Waals surface area contributed by atoms with Gasteiger partial charge < -0.3 is 5.32 Å². The summed E-state index contributed by atoms with van der Waals surface area (Å²) in [6.07, 6.45) is 5.52. The minimum atomic E-state index is -3.33. The van der Waals surface area contributed by atoms with Gasteiger partial charge >= 0.3 is 0 Å². The predicted octanol–water partition coefficient (Wildman–Crippen LogP) is 2.81. The molecule has 0 unspecified atom stereocenters. The third-order valence-electron chi connectivity index (χ3n) is 3.60. The fraction of sp³-hybridized carbons (Fsp3) is 0.714. The number of unbranched alkanes of at least 4 members (excludes halogenated alkanes) is 2. The molecule has 2 rings (SSSR count). The van der Waals surface area contributed by atoms with E-state index in [1.165, 1.54) is 28.5 Å². The Morgan fingerprint density at radius 3 is 2.80 bits per heavy atom. The second kappa shape index (κ2) is 7.02. The van der Waals surface area contributed by atoms with Gasteiger partial charge in [-0.05, 0) is 30.7 Å². The molecule has 1 aromatic heterocycles. The lowest BCUT2D eigenvalue weighted by molar-refractivity contribution is 0.453. The van der Waals surface area contributed by atoms with Crippen molar-refractivity contribution >= 4 is 21.4 Å². The summed E-state index contributed by atoms with van der Waals surface area (Å²) in [5, 5.41) is 5.26. The molecular formula is C14H24N2O2S2. The molecule has 114 valence electrons. The van der Waals surface area contributed by atoms with E-state index in [-0.39, 0.29) is 0 Å².